The molecule has 0 aliphatic heterocycles. The minimum Gasteiger partial charge on any atom is -0.464 e. The van der Waals surface area contributed by atoms with Crippen LogP contribution in [0.4, 0.5) is 0 Å². The fraction of sp³-hybridized carbons (Fsp3) is 0.471. The van der Waals surface area contributed by atoms with Crippen molar-refractivity contribution in [3.63, 3.8) is 0 Å². The van der Waals surface area contributed by atoms with Gasteiger partial charge in [-0.2, -0.15) is 0 Å². The largest absolute Gasteiger partial charge is 0.464 e. The molecular formula is C34H38O2. The smallest absolute Gasteiger partial charge is 0.211 e. The van der Waals surface area contributed by atoms with E-state index in [1.165, 1.54) is 59.9 Å². The molecule has 3 aromatic carbocycles. The fourth-order valence-corrected chi connectivity index (χ4v) is 8.26. The molecule has 0 amide bonds. The zero-order valence-corrected chi connectivity index (χ0v) is 21.6. The van der Waals surface area contributed by atoms with Gasteiger partial charge in [0.25, 0.3) is 0 Å². The van der Waals surface area contributed by atoms with E-state index in [1.54, 1.807) is 0 Å². The lowest BCUT2D eigenvalue weighted by Crippen LogP contribution is -2.38. The van der Waals surface area contributed by atoms with Crippen LogP contribution in [0, 0.1) is 23.7 Å². The molecule has 3 saturated carbocycles. The second kappa shape index (κ2) is 9.06. The van der Waals surface area contributed by atoms with Crippen LogP contribution in [0.1, 0.15) is 80.9 Å². The van der Waals surface area contributed by atoms with E-state index in [9.17, 15) is 0 Å². The molecule has 2 nitrogen and oxygen atoms in total. The topological polar surface area (TPSA) is 18.5 Å². The summed E-state index contributed by atoms with van der Waals surface area (Å²) in [6, 6.07) is 26.4. The van der Waals surface area contributed by atoms with Gasteiger partial charge in [0.05, 0.1) is 12.0 Å². The lowest BCUT2D eigenvalue weighted by Gasteiger charge is -2.36. The molecule has 4 aliphatic carbocycles. The number of hydrogen-bond donors (Lipinski definition) is 0. The Morgan fingerprint density at radius 3 is 2.28 bits per heavy atom. The first kappa shape index (κ1) is 22.6. The van der Waals surface area contributed by atoms with Crippen molar-refractivity contribution in [3.8, 4) is 16.9 Å². The molecule has 7 atom stereocenters. The standard InChI is InChI=1S/C34H38O2/c1-3-21(2)22-10-8-11-24(18-22)35-34(36-32-20-23-19-31(32)26-17-9-16-25(23)26)33-29-14-6-4-12-27(29)28-13-5-7-15-30(28)33/h4-8,10-15,18,21,23,25-26,31-34H,3,9,16-17,19-20H2,1-2H3. The van der Waals surface area contributed by atoms with Crippen LogP contribution in [0.2, 0.25) is 0 Å². The summed E-state index contributed by atoms with van der Waals surface area (Å²) >= 11 is 0. The predicted octanol–water partition coefficient (Wildman–Crippen LogP) is 8.56. The normalized spacial score (nSPS) is 29.6. The molecule has 0 heterocycles. The van der Waals surface area contributed by atoms with Gasteiger partial charge in [-0.15, -0.1) is 0 Å². The Balaban J connectivity index is 1.25. The number of hydrogen-bond acceptors (Lipinski definition) is 2. The Kier molecular flexibility index (Phi) is 5.69. The van der Waals surface area contributed by atoms with E-state index in [4.69, 9.17) is 9.47 Å². The molecular weight excluding hydrogens is 440 g/mol. The minimum absolute atomic E-state index is 0.0863. The zero-order chi connectivity index (χ0) is 24.2. The van der Waals surface area contributed by atoms with Crippen LogP contribution in [-0.4, -0.2) is 12.4 Å². The van der Waals surface area contributed by atoms with Gasteiger partial charge in [0.15, 0.2) is 0 Å². The summed E-state index contributed by atoms with van der Waals surface area (Å²) in [6.07, 6.45) is 7.97. The summed E-state index contributed by atoms with van der Waals surface area (Å²) in [7, 11) is 0. The van der Waals surface area contributed by atoms with E-state index >= 15 is 0 Å². The molecule has 4 aliphatic rings. The molecule has 3 fully saturated rings. The molecule has 0 spiro atoms. The van der Waals surface area contributed by atoms with Crippen LogP contribution in [-0.2, 0) is 4.74 Å². The Hall–Kier alpha value is -2.58. The van der Waals surface area contributed by atoms with Gasteiger partial charge in [0.1, 0.15) is 5.75 Å². The van der Waals surface area contributed by atoms with Crippen molar-refractivity contribution in [2.45, 2.75) is 76.6 Å². The van der Waals surface area contributed by atoms with Gasteiger partial charge in [0.2, 0.25) is 6.29 Å². The minimum atomic E-state index is -0.328. The van der Waals surface area contributed by atoms with Gasteiger partial charge >= 0.3 is 0 Å². The van der Waals surface area contributed by atoms with Crippen molar-refractivity contribution in [1.29, 1.82) is 0 Å². The number of benzene rings is 3. The van der Waals surface area contributed by atoms with Gasteiger partial charge in [-0.1, -0.05) is 80.9 Å². The molecule has 2 bridgehead atoms. The second-order valence-electron chi connectivity index (χ2n) is 11.8. The van der Waals surface area contributed by atoms with Crippen LogP contribution >= 0.6 is 0 Å². The average Bonchev–Trinajstić information content (AvgIpc) is 3.68. The van der Waals surface area contributed by atoms with Crippen LogP contribution in [0.15, 0.2) is 72.8 Å². The number of rotatable bonds is 7. The first-order valence-corrected chi connectivity index (χ1v) is 14.3. The Morgan fingerprint density at radius 2 is 1.53 bits per heavy atom. The third-order valence-corrected chi connectivity index (χ3v) is 10.1. The fourth-order valence-electron chi connectivity index (χ4n) is 8.26. The third kappa shape index (κ3) is 3.64. The van der Waals surface area contributed by atoms with Crippen LogP contribution in [0.3, 0.4) is 0 Å². The molecule has 0 radical (unpaired) electrons. The SMILES string of the molecule is CCC(C)c1cccc(OC(OC2CC3CC2C2CCCC32)C2c3ccccc3-c3ccccc32)c1. The molecule has 0 saturated heterocycles. The maximum absolute atomic E-state index is 7.16. The van der Waals surface area contributed by atoms with E-state index in [2.05, 4.69) is 86.6 Å². The first-order valence-electron chi connectivity index (χ1n) is 14.3. The zero-order valence-electron chi connectivity index (χ0n) is 21.6. The lowest BCUT2D eigenvalue weighted by atomic mass is 9.80. The van der Waals surface area contributed by atoms with Crippen LogP contribution < -0.4 is 4.74 Å². The van der Waals surface area contributed by atoms with E-state index in [-0.39, 0.29) is 12.2 Å². The summed E-state index contributed by atoms with van der Waals surface area (Å²) < 4.78 is 14.1. The molecule has 36 heavy (non-hydrogen) atoms. The van der Waals surface area contributed by atoms with Crippen molar-refractivity contribution in [2.75, 3.05) is 0 Å². The van der Waals surface area contributed by atoms with Gasteiger partial charge in [0, 0.05) is 0 Å². The van der Waals surface area contributed by atoms with Crippen molar-refractivity contribution in [3.05, 3.63) is 89.5 Å². The second-order valence-corrected chi connectivity index (χ2v) is 11.8. The van der Waals surface area contributed by atoms with Crippen molar-refractivity contribution < 1.29 is 9.47 Å². The molecule has 186 valence electrons. The van der Waals surface area contributed by atoms with Crippen molar-refractivity contribution >= 4 is 0 Å². The van der Waals surface area contributed by atoms with E-state index < -0.39 is 0 Å². The summed E-state index contributed by atoms with van der Waals surface area (Å²) in [5.41, 5.74) is 6.67. The van der Waals surface area contributed by atoms with Crippen LogP contribution in [0.25, 0.3) is 11.1 Å². The Bertz CT molecular complexity index is 1200. The molecule has 0 N–H and O–H groups in total. The Labute approximate surface area is 216 Å². The highest BCUT2D eigenvalue weighted by atomic mass is 16.7. The molecule has 7 rings (SSSR count). The molecule has 2 heteroatoms. The van der Waals surface area contributed by atoms with Gasteiger partial charge < -0.3 is 9.47 Å². The summed E-state index contributed by atoms with van der Waals surface area (Å²) in [6.45, 7) is 4.55. The quantitative estimate of drug-likeness (QED) is 0.317. The summed E-state index contributed by atoms with van der Waals surface area (Å²) in [5.74, 6) is 4.97. The van der Waals surface area contributed by atoms with E-state index in [0.717, 1.165) is 29.9 Å². The third-order valence-electron chi connectivity index (χ3n) is 10.1. The molecule has 3 aromatic rings. The highest BCUT2D eigenvalue weighted by molar-refractivity contribution is 5.79. The van der Waals surface area contributed by atoms with Gasteiger partial charge in [-0.05, 0) is 102 Å². The maximum atomic E-state index is 7.16. The van der Waals surface area contributed by atoms with Gasteiger partial charge in [-0.3, -0.25) is 0 Å². The Morgan fingerprint density at radius 1 is 0.806 bits per heavy atom. The van der Waals surface area contributed by atoms with Crippen LogP contribution in [0.5, 0.6) is 5.75 Å². The monoisotopic (exact) mass is 478 g/mol. The number of fused-ring (bicyclic) bond motifs is 8. The van der Waals surface area contributed by atoms with Gasteiger partial charge in [-0.25, -0.2) is 0 Å². The number of ether oxygens (including phenoxy) is 2. The highest BCUT2D eigenvalue weighted by Crippen LogP contribution is 2.60. The van der Waals surface area contributed by atoms with E-state index in [0.29, 0.717) is 17.9 Å². The van der Waals surface area contributed by atoms with Crippen molar-refractivity contribution in [1.82, 2.24) is 0 Å². The van der Waals surface area contributed by atoms with Crippen molar-refractivity contribution in [2.24, 2.45) is 23.7 Å². The highest BCUT2D eigenvalue weighted by Gasteiger charge is 2.55. The summed E-state index contributed by atoms with van der Waals surface area (Å²) in [5, 5.41) is 0. The lowest BCUT2D eigenvalue weighted by molar-refractivity contribution is -0.148. The first-order chi connectivity index (χ1) is 17.7. The van der Waals surface area contributed by atoms with E-state index in [1.807, 2.05) is 0 Å². The molecule has 7 unspecified atom stereocenters. The average molecular weight is 479 g/mol. The molecule has 0 aromatic heterocycles. The maximum Gasteiger partial charge on any atom is 0.211 e. The predicted molar refractivity (Wildman–Crippen MR) is 145 cm³/mol. The summed E-state index contributed by atoms with van der Waals surface area (Å²) in [4.78, 5) is 0.